The summed E-state index contributed by atoms with van der Waals surface area (Å²) in [5.41, 5.74) is 6.32. The van der Waals surface area contributed by atoms with Crippen molar-refractivity contribution < 1.29 is 18.3 Å². The Morgan fingerprint density at radius 3 is 2.76 bits per heavy atom. The summed E-state index contributed by atoms with van der Waals surface area (Å²) in [5, 5.41) is 6.13. The minimum atomic E-state index is -2.64. The van der Waals surface area contributed by atoms with Crippen LogP contribution in [0.15, 0.2) is 42.9 Å². The van der Waals surface area contributed by atoms with Crippen molar-refractivity contribution in [3.63, 3.8) is 0 Å². The molecule has 0 aromatic carbocycles. The Labute approximate surface area is 140 Å². The van der Waals surface area contributed by atoms with Crippen molar-refractivity contribution in [1.82, 2.24) is 20.2 Å². The molecule has 128 valence electrons. The lowest BCUT2D eigenvalue weighted by molar-refractivity contribution is 0.0995. The highest BCUT2D eigenvalue weighted by Gasteiger charge is 2.17. The molecule has 0 radical (unpaired) electrons. The van der Waals surface area contributed by atoms with E-state index in [0.29, 0.717) is 17.0 Å². The summed E-state index contributed by atoms with van der Waals surface area (Å²) in [6.07, 6.45) is 1.31. The highest BCUT2D eigenvalue weighted by molar-refractivity contribution is 5.90. The molecule has 0 unspecified atom stereocenters. The third-order valence-electron chi connectivity index (χ3n) is 3.38. The zero-order chi connectivity index (χ0) is 17.8. The number of ether oxygens (including phenoxy) is 1. The number of hydrogen-bond donors (Lipinski definition) is 2. The number of nitrogens with zero attached hydrogens (tertiary/aromatic N) is 3. The van der Waals surface area contributed by atoms with E-state index in [-0.39, 0.29) is 23.6 Å². The molecule has 0 saturated carbocycles. The smallest absolute Gasteiger partial charge is 0.267 e. The summed E-state index contributed by atoms with van der Waals surface area (Å²) in [4.78, 5) is 19.0. The standard InChI is InChI=1S/C16H13F2N5O2/c17-15(18)11-7-22-23-14(11)12-2-1-10(6-21-12)25-8-9-3-4-20-13(5-9)16(19)24/h1-7,15H,8H2,(H2,19,24)(H,22,23). The monoisotopic (exact) mass is 345 g/mol. The fourth-order valence-corrected chi connectivity index (χ4v) is 2.15. The number of aromatic nitrogens is 4. The molecule has 3 N–H and O–H groups in total. The first-order valence-electron chi connectivity index (χ1n) is 7.20. The van der Waals surface area contributed by atoms with Crippen molar-refractivity contribution >= 4 is 5.91 Å². The summed E-state index contributed by atoms with van der Waals surface area (Å²) < 4.78 is 31.3. The number of primary amides is 1. The maximum atomic E-state index is 12.9. The van der Waals surface area contributed by atoms with Crippen LogP contribution < -0.4 is 10.5 Å². The van der Waals surface area contributed by atoms with Gasteiger partial charge in [-0.2, -0.15) is 5.10 Å². The lowest BCUT2D eigenvalue weighted by Gasteiger charge is -2.07. The van der Waals surface area contributed by atoms with Crippen LogP contribution in [0.1, 0.15) is 28.0 Å². The molecule has 0 bridgehead atoms. The Morgan fingerprint density at radius 2 is 2.08 bits per heavy atom. The normalized spacial score (nSPS) is 10.8. The van der Waals surface area contributed by atoms with Gasteiger partial charge in [-0.1, -0.05) is 0 Å². The van der Waals surface area contributed by atoms with Gasteiger partial charge in [0.2, 0.25) is 0 Å². The first-order chi connectivity index (χ1) is 12.0. The van der Waals surface area contributed by atoms with Gasteiger partial charge in [0.1, 0.15) is 18.1 Å². The highest BCUT2D eigenvalue weighted by atomic mass is 19.3. The van der Waals surface area contributed by atoms with Gasteiger partial charge in [0.15, 0.2) is 0 Å². The van der Waals surface area contributed by atoms with Crippen LogP contribution in [0.25, 0.3) is 11.4 Å². The number of pyridine rings is 2. The van der Waals surface area contributed by atoms with Gasteiger partial charge in [0, 0.05) is 6.20 Å². The number of alkyl halides is 2. The number of rotatable bonds is 6. The Morgan fingerprint density at radius 1 is 1.24 bits per heavy atom. The van der Waals surface area contributed by atoms with Gasteiger partial charge in [0.05, 0.1) is 29.3 Å². The molecule has 25 heavy (non-hydrogen) atoms. The van der Waals surface area contributed by atoms with E-state index in [4.69, 9.17) is 10.5 Å². The summed E-state index contributed by atoms with van der Waals surface area (Å²) in [6, 6.07) is 6.38. The average Bonchev–Trinajstić information content (AvgIpc) is 3.11. The number of aromatic amines is 1. The fourth-order valence-electron chi connectivity index (χ4n) is 2.15. The predicted molar refractivity (Wildman–Crippen MR) is 83.9 cm³/mol. The van der Waals surface area contributed by atoms with E-state index in [1.165, 1.54) is 18.5 Å². The topological polar surface area (TPSA) is 107 Å². The highest BCUT2D eigenvalue weighted by Crippen LogP contribution is 2.28. The molecule has 7 nitrogen and oxygen atoms in total. The van der Waals surface area contributed by atoms with E-state index in [2.05, 4.69) is 20.2 Å². The Balaban J connectivity index is 1.70. The third-order valence-corrected chi connectivity index (χ3v) is 3.38. The van der Waals surface area contributed by atoms with Gasteiger partial charge < -0.3 is 10.5 Å². The molecule has 3 rings (SSSR count). The first-order valence-corrected chi connectivity index (χ1v) is 7.20. The van der Waals surface area contributed by atoms with Crippen LogP contribution >= 0.6 is 0 Å². The van der Waals surface area contributed by atoms with Crippen LogP contribution in [0.2, 0.25) is 0 Å². The van der Waals surface area contributed by atoms with E-state index in [0.717, 1.165) is 6.20 Å². The number of carbonyl (C=O) groups excluding carboxylic acids is 1. The number of hydrogen-bond acceptors (Lipinski definition) is 5. The molecule has 0 saturated heterocycles. The van der Waals surface area contributed by atoms with Gasteiger partial charge in [-0.3, -0.25) is 19.9 Å². The van der Waals surface area contributed by atoms with Crippen LogP contribution in [-0.4, -0.2) is 26.1 Å². The minimum Gasteiger partial charge on any atom is -0.487 e. The SMILES string of the molecule is NC(=O)c1cc(COc2ccc(-c3[nH]ncc3C(F)F)nc2)ccn1. The lowest BCUT2D eigenvalue weighted by atomic mass is 10.2. The molecule has 0 aliphatic rings. The molecule has 0 spiro atoms. The van der Waals surface area contributed by atoms with Gasteiger partial charge in [-0.05, 0) is 29.8 Å². The Hall–Kier alpha value is -3.36. The van der Waals surface area contributed by atoms with E-state index >= 15 is 0 Å². The summed E-state index contributed by atoms with van der Waals surface area (Å²) in [6.45, 7) is 0.177. The number of H-pyrrole nitrogens is 1. The molecule has 9 heteroatoms. The van der Waals surface area contributed by atoms with Gasteiger partial charge in [-0.25, -0.2) is 8.78 Å². The van der Waals surface area contributed by atoms with Crippen LogP contribution in [0.3, 0.4) is 0 Å². The van der Waals surface area contributed by atoms with Crippen LogP contribution in [-0.2, 0) is 6.61 Å². The number of nitrogens with two attached hydrogens (primary N) is 1. The summed E-state index contributed by atoms with van der Waals surface area (Å²) in [7, 11) is 0. The minimum absolute atomic E-state index is 0.147. The van der Waals surface area contributed by atoms with Crippen LogP contribution in [0.5, 0.6) is 5.75 Å². The van der Waals surface area contributed by atoms with E-state index in [9.17, 15) is 13.6 Å². The van der Waals surface area contributed by atoms with Crippen LogP contribution in [0, 0.1) is 0 Å². The Bertz CT molecular complexity index is 880. The third kappa shape index (κ3) is 3.77. The first kappa shape index (κ1) is 16.5. The average molecular weight is 345 g/mol. The molecule has 0 aliphatic carbocycles. The molecular weight excluding hydrogens is 332 g/mol. The number of nitrogens with one attached hydrogen (secondary N) is 1. The largest absolute Gasteiger partial charge is 0.487 e. The van der Waals surface area contributed by atoms with Gasteiger partial charge >= 0.3 is 0 Å². The van der Waals surface area contributed by atoms with Crippen molar-refractivity contribution in [1.29, 1.82) is 0 Å². The molecule has 3 aromatic rings. The molecule has 3 heterocycles. The van der Waals surface area contributed by atoms with Crippen molar-refractivity contribution in [3.8, 4) is 17.1 Å². The quantitative estimate of drug-likeness (QED) is 0.714. The van der Waals surface area contributed by atoms with E-state index in [1.807, 2.05) is 0 Å². The molecule has 0 fully saturated rings. The molecule has 0 aliphatic heterocycles. The maximum Gasteiger partial charge on any atom is 0.267 e. The van der Waals surface area contributed by atoms with Crippen molar-refractivity contribution in [2.45, 2.75) is 13.0 Å². The van der Waals surface area contributed by atoms with Crippen molar-refractivity contribution in [2.75, 3.05) is 0 Å². The van der Waals surface area contributed by atoms with E-state index in [1.54, 1.807) is 18.2 Å². The Kier molecular flexibility index (Phi) is 4.64. The van der Waals surface area contributed by atoms with Crippen molar-refractivity contribution in [2.24, 2.45) is 5.73 Å². The molecule has 3 aromatic heterocycles. The second-order valence-electron chi connectivity index (χ2n) is 5.08. The zero-order valence-corrected chi connectivity index (χ0v) is 12.8. The summed E-state index contributed by atoms with van der Waals surface area (Å²) >= 11 is 0. The molecular formula is C16H13F2N5O2. The molecule has 1 amide bonds. The van der Waals surface area contributed by atoms with Crippen LogP contribution in [0.4, 0.5) is 8.78 Å². The lowest BCUT2D eigenvalue weighted by Crippen LogP contribution is -2.13. The predicted octanol–water partition coefficient (Wildman–Crippen LogP) is 2.48. The van der Waals surface area contributed by atoms with E-state index < -0.39 is 12.3 Å². The van der Waals surface area contributed by atoms with Crippen molar-refractivity contribution in [3.05, 3.63) is 59.7 Å². The maximum absolute atomic E-state index is 12.9. The second kappa shape index (κ2) is 7.04. The van der Waals surface area contributed by atoms with Gasteiger partial charge in [0.25, 0.3) is 12.3 Å². The van der Waals surface area contributed by atoms with Gasteiger partial charge in [-0.15, -0.1) is 0 Å². The fraction of sp³-hybridized carbons (Fsp3) is 0.125. The molecule has 0 atom stereocenters. The number of halogens is 2. The zero-order valence-electron chi connectivity index (χ0n) is 12.8. The number of carbonyl (C=O) groups is 1. The second-order valence-corrected chi connectivity index (χ2v) is 5.08. The number of amides is 1. The summed E-state index contributed by atoms with van der Waals surface area (Å²) in [5.74, 6) is -0.179.